The van der Waals surface area contributed by atoms with Gasteiger partial charge in [0, 0.05) is 36.0 Å². The van der Waals surface area contributed by atoms with Crippen LogP contribution in [0.1, 0.15) is 31.1 Å². The number of nitrogens with one attached hydrogen (secondary N) is 1. The lowest BCUT2D eigenvalue weighted by atomic mass is 10.1. The molecule has 1 unspecified atom stereocenters. The van der Waals surface area contributed by atoms with Crippen LogP contribution in [0, 0.1) is 0 Å². The van der Waals surface area contributed by atoms with Crippen LogP contribution in [0.4, 0.5) is 0 Å². The molecule has 0 saturated carbocycles. The van der Waals surface area contributed by atoms with Gasteiger partial charge in [-0.2, -0.15) is 0 Å². The van der Waals surface area contributed by atoms with Gasteiger partial charge >= 0.3 is 0 Å². The number of aromatic nitrogens is 1. The molecule has 1 aromatic heterocycles. The Hall–Kier alpha value is -1.25. The normalized spacial score (nSPS) is 12.6. The van der Waals surface area contributed by atoms with Crippen LogP contribution in [0.2, 0.25) is 5.02 Å². The second-order valence-corrected chi connectivity index (χ2v) is 4.88. The van der Waals surface area contributed by atoms with E-state index >= 15 is 0 Å². The third kappa shape index (κ3) is 3.15. The van der Waals surface area contributed by atoms with Crippen molar-refractivity contribution in [2.45, 2.75) is 33.0 Å². The highest BCUT2D eigenvalue weighted by atomic mass is 35.5. The summed E-state index contributed by atoms with van der Waals surface area (Å²) in [5, 5.41) is 4.31. The number of halogens is 1. The monoisotopic (exact) mass is 262 g/mol. The highest BCUT2D eigenvalue weighted by molar-refractivity contribution is 6.30. The van der Waals surface area contributed by atoms with Crippen LogP contribution >= 0.6 is 11.6 Å². The maximum absolute atomic E-state index is 5.89. The van der Waals surface area contributed by atoms with Gasteiger partial charge in [0.15, 0.2) is 0 Å². The van der Waals surface area contributed by atoms with Crippen molar-refractivity contribution in [3.63, 3.8) is 0 Å². The highest BCUT2D eigenvalue weighted by Gasteiger charge is 2.06. The molecule has 2 aromatic rings. The van der Waals surface area contributed by atoms with Crippen LogP contribution in [0.25, 0.3) is 0 Å². The van der Waals surface area contributed by atoms with E-state index in [0.717, 1.165) is 18.1 Å². The Morgan fingerprint density at radius 1 is 1.22 bits per heavy atom. The van der Waals surface area contributed by atoms with E-state index in [0.29, 0.717) is 6.04 Å². The van der Waals surface area contributed by atoms with Crippen LogP contribution < -0.4 is 5.32 Å². The molecule has 0 spiro atoms. The molecule has 1 heterocycles. The molecule has 0 amide bonds. The molecule has 2 nitrogen and oxygen atoms in total. The molecular formula is C15H19ClN2. The fraction of sp³-hybridized carbons (Fsp3) is 0.333. The van der Waals surface area contributed by atoms with Gasteiger partial charge in [-0.1, -0.05) is 23.7 Å². The molecule has 3 heteroatoms. The Bertz CT molecular complexity index is 487. The Kier molecular flexibility index (Phi) is 4.45. The molecule has 96 valence electrons. The first-order valence-electron chi connectivity index (χ1n) is 6.33. The Morgan fingerprint density at radius 3 is 2.61 bits per heavy atom. The molecule has 1 N–H and O–H groups in total. The lowest BCUT2D eigenvalue weighted by Crippen LogP contribution is -2.19. The van der Waals surface area contributed by atoms with Crippen LogP contribution in [-0.2, 0) is 13.1 Å². The quantitative estimate of drug-likeness (QED) is 0.861. The van der Waals surface area contributed by atoms with E-state index in [9.17, 15) is 0 Å². The summed E-state index contributed by atoms with van der Waals surface area (Å²) in [4.78, 5) is 0. The Balaban J connectivity index is 1.96. The van der Waals surface area contributed by atoms with Crippen molar-refractivity contribution in [3.05, 3.63) is 58.9 Å². The van der Waals surface area contributed by atoms with Crippen LogP contribution in [-0.4, -0.2) is 4.57 Å². The summed E-state index contributed by atoms with van der Waals surface area (Å²) < 4.78 is 2.25. The van der Waals surface area contributed by atoms with Crippen molar-refractivity contribution in [2.75, 3.05) is 0 Å². The molecule has 1 aromatic carbocycles. The van der Waals surface area contributed by atoms with Gasteiger partial charge in [0.25, 0.3) is 0 Å². The molecular weight excluding hydrogens is 244 g/mol. The first-order valence-corrected chi connectivity index (χ1v) is 6.71. The molecule has 0 aliphatic rings. The van der Waals surface area contributed by atoms with E-state index in [1.807, 2.05) is 12.1 Å². The zero-order valence-corrected chi connectivity index (χ0v) is 11.6. The molecule has 0 fully saturated rings. The predicted octanol–water partition coefficient (Wildman–Crippen LogP) is 4.01. The van der Waals surface area contributed by atoms with Gasteiger partial charge in [-0.15, -0.1) is 0 Å². The van der Waals surface area contributed by atoms with Crippen molar-refractivity contribution >= 4 is 11.6 Å². The van der Waals surface area contributed by atoms with Gasteiger partial charge < -0.3 is 9.88 Å². The van der Waals surface area contributed by atoms with Gasteiger partial charge in [-0.05, 0) is 43.7 Å². The molecule has 1 atom stereocenters. The van der Waals surface area contributed by atoms with Crippen molar-refractivity contribution in [2.24, 2.45) is 0 Å². The largest absolute Gasteiger partial charge is 0.351 e. The Labute approximate surface area is 114 Å². The second-order valence-electron chi connectivity index (χ2n) is 4.44. The van der Waals surface area contributed by atoms with E-state index < -0.39 is 0 Å². The molecule has 0 bridgehead atoms. The molecule has 0 radical (unpaired) electrons. The minimum atomic E-state index is 0.322. The van der Waals surface area contributed by atoms with E-state index in [4.69, 9.17) is 11.6 Å². The van der Waals surface area contributed by atoms with Crippen LogP contribution in [0.15, 0.2) is 42.6 Å². The lowest BCUT2D eigenvalue weighted by molar-refractivity contribution is 0.549. The van der Waals surface area contributed by atoms with E-state index in [-0.39, 0.29) is 0 Å². The first kappa shape index (κ1) is 13.2. The zero-order chi connectivity index (χ0) is 13.0. The summed E-state index contributed by atoms with van der Waals surface area (Å²) >= 11 is 5.89. The fourth-order valence-electron chi connectivity index (χ4n) is 2.05. The summed E-state index contributed by atoms with van der Waals surface area (Å²) in [6.07, 6.45) is 2.12. The minimum absolute atomic E-state index is 0.322. The lowest BCUT2D eigenvalue weighted by Gasteiger charge is -2.15. The highest BCUT2D eigenvalue weighted by Crippen LogP contribution is 2.16. The maximum atomic E-state index is 5.89. The number of hydrogen-bond acceptors (Lipinski definition) is 1. The number of hydrogen-bond donors (Lipinski definition) is 1. The van der Waals surface area contributed by atoms with Gasteiger partial charge in [0.1, 0.15) is 0 Å². The predicted molar refractivity (Wildman–Crippen MR) is 76.8 cm³/mol. The molecule has 0 aliphatic carbocycles. The van der Waals surface area contributed by atoms with Gasteiger partial charge in [-0.25, -0.2) is 0 Å². The van der Waals surface area contributed by atoms with Crippen molar-refractivity contribution in [1.29, 1.82) is 0 Å². The van der Waals surface area contributed by atoms with Crippen molar-refractivity contribution in [3.8, 4) is 0 Å². The topological polar surface area (TPSA) is 17.0 Å². The maximum Gasteiger partial charge on any atom is 0.0406 e. The van der Waals surface area contributed by atoms with Crippen LogP contribution in [0.5, 0.6) is 0 Å². The summed E-state index contributed by atoms with van der Waals surface area (Å²) in [7, 11) is 0. The van der Waals surface area contributed by atoms with Gasteiger partial charge in [0.05, 0.1) is 0 Å². The molecule has 0 aliphatic heterocycles. The number of nitrogens with zero attached hydrogens (tertiary/aromatic N) is 1. The SMILES string of the molecule is CCn1cccc1CNC(C)c1ccc(Cl)cc1. The average Bonchev–Trinajstić information content (AvgIpc) is 2.84. The van der Waals surface area contributed by atoms with E-state index in [1.54, 1.807) is 0 Å². The molecule has 0 saturated heterocycles. The van der Waals surface area contributed by atoms with Gasteiger partial charge in [0.2, 0.25) is 0 Å². The minimum Gasteiger partial charge on any atom is -0.351 e. The third-order valence-electron chi connectivity index (χ3n) is 3.22. The summed E-state index contributed by atoms with van der Waals surface area (Å²) in [6, 6.07) is 12.6. The summed E-state index contributed by atoms with van der Waals surface area (Å²) in [5.74, 6) is 0. The third-order valence-corrected chi connectivity index (χ3v) is 3.48. The van der Waals surface area contributed by atoms with E-state index in [1.165, 1.54) is 11.3 Å². The van der Waals surface area contributed by atoms with Gasteiger partial charge in [-0.3, -0.25) is 0 Å². The first-order chi connectivity index (χ1) is 8.70. The zero-order valence-electron chi connectivity index (χ0n) is 10.9. The van der Waals surface area contributed by atoms with Crippen LogP contribution in [0.3, 0.4) is 0 Å². The summed E-state index contributed by atoms with van der Waals surface area (Å²) in [5.41, 5.74) is 2.58. The Morgan fingerprint density at radius 2 is 1.94 bits per heavy atom. The number of rotatable bonds is 5. The van der Waals surface area contributed by atoms with Crippen molar-refractivity contribution < 1.29 is 0 Å². The fourth-order valence-corrected chi connectivity index (χ4v) is 2.17. The van der Waals surface area contributed by atoms with E-state index in [2.05, 4.69) is 54.2 Å². The summed E-state index contributed by atoms with van der Waals surface area (Å²) in [6.45, 7) is 6.22. The smallest absolute Gasteiger partial charge is 0.0406 e. The number of aryl methyl sites for hydroxylation is 1. The average molecular weight is 263 g/mol. The second kappa shape index (κ2) is 6.07. The molecule has 18 heavy (non-hydrogen) atoms. The molecule has 2 rings (SSSR count). The standard InChI is InChI=1S/C15H19ClN2/c1-3-18-10-4-5-15(18)11-17-12(2)13-6-8-14(16)9-7-13/h4-10,12,17H,3,11H2,1-2H3. The van der Waals surface area contributed by atoms with Crippen molar-refractivity contribution in [1.82, 2.24) is 9.88 Å². The number of benzene rings is 1.